The highest BCUT2D eigenvalue weighted by Crippen LogP contribution is 1.46. The van der Waals surface area contributed by atoms with Gasteiger partial charge < -0.3 is 4.79 Å². The molecule has 0 saturated heterocycles. The second kappa shape index (κ2) is 3.76. The van der Waals surface area contributed by atoms with Crippen LogP contribution in [0.15, 0.2) is 0 Å². The zero-order valence-corrected chi connectivity index (χ0v) is 4.35. The minimum atomic E-state index is -2.59. The summed E-state index contributed by atoms with van der Waals surface area (Å²) in [5.74, 6) is 0. The summed E-state index contributed by atoms with van der Waals surface area (Å²) in [5, 5.41) is 0. The van der Waals surface area contributed by atoms with Gasteiger partial charge in [-0.2, -0.15) is 0 Å². The lowest BCUT2D eigenvalue weighted by atomic mass is 10.8. The molecule has 4 nitrogen and oxygen atoms in total. The number of rotatable bonds is 3. The van der Waals surface area contributed by atoms with Crippen molar-refractivity contribution in [2.45, 2.75) is 0 Å². The first-order valence-electron chi connectivity index (χ1n) is 1.59. The Labute approximate surface area is 42.6 Å². The molecule has 0 aromatic rings. The van der Waals surface area contributed by atoms with Gasteiger partial charge in [0, 0.05) is 0 Å². The van der Waals surface area contributed by atoms with Crippen LogP contribution in [0.3, 0.4) is 0 Å². The highest BCUT2D eigenvalue weighted by molar-refractivity contribution is 7.70. The topological polar surface area (TPSA) is 63.2 Å². The molecule has 5 heteroatoms. The van der Waals surface area contributed by atoms with E-state index in [1.807, 2.05) is 4.72 Å². The first kappa shape index (κ1) is 6.58. The molecule has 1 N–H and O–H groups in total. The predicted molar refractivity (Wildman–Crippen MR) is 24.4 cm³/mol. The minimum absolute atomic E-state index is 0.126. The Morgan fingerprint density at radius 2 is 2.14 bits per heavy atom. The van der Waals surface area contributed by atoms with Crippen LogP contribution in [0.4, 0.5) is 0 Å². The van der Waals surface area contributed by atoms with Crippen molar-refractivity contribution < 1.29 is 13.2 Å². The number of hydrogen-bond acceptors (Lipinski definition) is 3. The van der Waals surface area contributed by atoms with Gasteiger partial charge in [-0.05, 0) is 0 Å². The molecule has 0 unspecified atom stereocenters. The largest absolute Gasteiger partial charge is 0.302 e. The standard InChI is InChI=1S/C2H5NO3S/c4-2-1-3-7(5)6/h2,7H,1H2,(H,3,5,6). The third-order valence-electron chi connectivity index (χ3n) is 0.304. The molecular formula is C2H5NO3S. The zero-order valence-electron chi connectivity index (χ0n) is 3.46. The maximum Gasteiger partial charge on any atom is 0.201 e. The summed E-state index contributed by atoms with van der Waals surface area (Å²) < 4.78 is 20.9. The number of carbonyl (C=O) groups excluding carboxylic acids is 1. The van der Waals surface area contributed by atoms with Crippen molar-refractivity contribution >= 4 is 17.2 Å². The van der Waals surface area contributed by atoms with E-state index >= 15 is 0 Å². The average Bonchev–Trinajstić information content (AvgIpc) is 1.61. The summed E-state index contributed by atoms with van der Waals surface area (Å²) in [5.41, 5.74) is 0. The van der Waals surface area contributed by atoms with Crippen LogP contribution in [0.5, 0.6) is 0 Å². The van der Waals surface area contributed by atoms with Gasteiger partial charge in [0.25, 0.3) is 0 Å². The lowest BCUT2D eigenvalue weighted by Gasteiger charge is -1.78. The normalized spacial score (nSPS) is 9.29. The molecule has 7 heavy (non-hydrogen) atoms. The van der Waals surface area contributed by atoms with E-state index in [4.69, 9.17) is 0 Å². The van der Waals surface area contributed by atoms with E-state index < -0.39 is 10.9 Å². The van der Waals surface area contributed by atoms with E-state index in [9.17, 15) is 13.2 Å². The molecule has 0 aliphatic carbocycles. The monoisotopic (exact) mass is 123 g/mol. The quantitative estimate of drug-likeness (QED) is 0.347. The second-order valence-electron chi connectivity index (χ2n) is 0.786. The predicted octanol–water partition coefficient (Wildman–Crippen LogP) is -1.70. The molecule has 0 aromatic carbocycles. The van der Waals surface area contributed by atoms with E-state index in [2.05, 4.69) is 0 Å². The number of carbonyl (C=O) groups is 1. The third-order valence-corrected chi connectivity index (χ3v) is 0.744. The fourth-order valence-corrected chi connectivity index (χ4v) is 0.335. The van der Waals surface area contributed by atoms with Crippen molar-refractivity contribution in [1.29, 1.82) is 0 Å². The molecule has 0 saturated carbocycles. The van der Waals surface area contributed by atoms with Crippen molar-refractivity contribution in [3.05, 3.63) is 0 Å². The highest BCUT2D eigenvalue weighted by atomic mass is 32.2. The van der Waals surface area contributed by atoms with Crippen LogP contribution in [0.1, 0.15) is 0 Å². The summed E-state index contributed by atoms with van der Waals surface area (Å²) in [6.07, 6.45) is 0.477. The lowest BCUT2D eigenvalue weighted by molar-refractivity contribution is -0.106. The summed E-state index contributed by atoms with van der Waals surface area (Å²) in [4.78, 5) is 9.38. The van der Waals surface area contributed by atoms with Gasteiger partial charge in [-0.3, -0.25) is 0 Å². The molecule has 42 valence electrons. The zero-order chi connectivity index (χ0) is 5.70. The Bertz CT molecular complexity index is 110. The summed E-state index contributed by atoms with van der Waals surface area (Å²) in [6, 6.07) is 0. The molecule has 0 amide bonds. The fourth-order valence-electron chi connectivity index (χ4n) is 0.112. The Kier molecular flexibility index (Phi) is 3.53. The third kappa shape index (κ3) is 5.58. The van der Waals surface area contributed by atoms with Gasteiger partial charge in [-0.15, -0.1) is 0 Å². The van der Waals surface area contributed by atoms with Gasteiger partial charge in [-0.1, -0.05) is 0 Å². The molecule has 0 rings (SSSR count). The van der Waals surface area contributed by atoms with Gasteiger partial charge >= 0.3 is 0 Å². The van der Waals surface area contributed by atoms with E-state index in [1.165, 1.54) is 0 Å². The highest BCUT2D eigenvalue weighted by Gasteiger charge is 1.77. The Hall–Kier alpha value is -0.420. The fraction of sp³-hybridized carbons (Fsp3) is 0.500. The van der Waals surface area contributed by atoms with Gasteiger partial charge in [0.05, 0.1) is 6.54 Å². The molecule has 0 radical (unpaired) electrons. The molecule has 0 atom stereocenters. The van der Waals surface area contributed by atoms with Gasteiger partial charge in [0.15, 0.2) is 0 Å². The summed E-state index contributed by atoms with van der Waals surface area (Å²) in [6.45, 7) is -0.126. The van der Waals surface area contributed by atoms with Crippen LogP contribution in [-0.4, -0.2) is 21.2 Å². The maximum absolute atomic E-state index is 9.53. The molecule has 0 fully saturated rings. The molecule has 0 spiro atoms. The Morgan fingerprint density at radius 1 is 1.57 bits per heavy atom. The molecule has 0 aliphatic heterocycles. The van der Waals surface area contributed by atoms with Gasteiger partial charge in [-0.25, -0.2) is 13.1 Å². The minimum Gasteiger partial charge on any atom is -0.302 e. The van der Waals surface area contributed by atoms with Gasteiger partial charge in [0.2, 0.25) is 10.9 Å². The molecular weight excluding hydrogens is 118 g/mol. The molecule has 0 aromatic heterocycles. The summed E-state index contributed by atoms with van der Waals surface area (Å²) >= 11 is 0. The molecule has 0 heterocycles. The second-order valence-corrected chi connectivity index (χ2v) is 1.62. The first-order valence-corrected chi connectivity index (χ1v) is 2.76. The van der Waals surface area contributed by atoms with Crippen LogP contribution in [-0.2, 0) is 15.7 Å². The van der Waals surface area contributed by atoms with Gasteiger partial charge in [0.1, 0.15) is 6.29 Å². The average molecular weight is 123 g/mol. The lowest BCUT2D eigenvalue weighted by Crippen LogP contribution is -2.12. The number of aldehydes is 1. The van der Waals surface area contributed by atoms with E-state index in [-0.39, 0.29) is 6.54 Å². The van der Waals surface area contributed by atoms with Crippen molar-refractivity contribution in [2.75, 3.05) is 6.54 Å². The van der Waals surface area contributed by atoms with Crippen LogP contribution in [0, 0.1) is 0 Å². The van der Waals surface area contributed by atoms with Crippen LogP contribution in [0.2, 0.25) is 0 Å². The van der Waals surface area contributed by atoms with Crippen LogP contribution in [0.25, 0.3) is 0 Å². The smallest absolute Gasteiger partial charge is 0.201 e. The van der Waals surface area contributed by atoms with Crippen LogP contribution < -0.4 is 4.72 Å². The van der Waals surface area contributed by atoms with Crippen molar-refractivity contribution in [2.24, 2.45) is 0 Å². The molecule has 0 aliphatic rings. The van der Waals surface area contributed by atoms with Crippen molar-refractivity contribution in [1.82, 2.24) is 4.72 Å². The van der Waals surface area contributed by atoms with Crippen molar-refractivity contribution in [3.8, 4) is 0 Å². The van der Waals surface area contributed by atoms with E-state index in [1.54, 1.807) is 0 Å². The molecule has 0 bridgehead atoms. The first-order chi connectivity index (χ1) is 3.27. The number of hydrogen-bond donors (Lipinski definition) is 2. The Morgan fingerprint density at radius 3 is 2.29 bits per heavy atom. The number of nitrogens with one attached hydrogen (secondary N) is 1. The Balaban J connectivity index is 3.14. The van der Waals surface area contributed by atoms with E-state index in [0.29, 0.717) is 6.29 Å². The van der Waals surface area contributed by atoms with E-state index in [0.717, 1.165) is 0 Å². The SMILES string of the molecule is O=CCN[SH](=O)=O. The van der Waals surface area contributed by atoms with Crippen molar-refractivity contribution in [3.63, 3.8) is 0 Å². The van der Waals surface area contributed by atoms with Crippen LogP contribution >= 0.6 is 0 Å². The maximum atomic E-state index is 9.53. The number of thiol groups is 1. The summed E-state index contributed by atoms with van der Waals surface area (Å²) in [7, 11) is -2.59.